The number of anilines is 1. The van der Waals surface area contributed by atoms with E-state index in [4.69, 9.17) is 0 Å². The Labute approximate surface area is 100 Å². The van der Waals surface area contributed by atoms with Gasteiger partial charge in [0.05, 0.1) is 24.6 Å². The molecule has 2 rings (SSSR count). The van der Waals surface area contributed by atoms with Crippen molar-refractivity contribution in [1.82, 2.24) is 0 Å². The van der Waals surface area contributed by atoms with Gasteiger partial charge in [-0.2, -0.15) is 0 Å². The molecule has 0 saturated heterocycles. The lowest BCUT2D eigenvalue weighted by atomic mass is 10.1. The van der Waals surface area contributed by atoms with E-state index in [-0.39, 0.29) is 0 Å². The van der Waals surface area contributed by atoms with Crippen molar-refractivity contribution >= 4 is 21.7 Å². The van der Waals surface area contributed by atoms with Crippen LogP contribution >= 0.6 is 0 Å². The number of ether oxygens (including phenoxy) is 1. The van der Waals surface area contributed by atoms with Crippen molar-refractivity contribution in [3.8, 4) is 0 Å². The molecule has 5 nitrogen and oxygen atoms in total. The molecule has 1 aromatic rings. The molecule has 0 aromatic heterocycles. The van der Waals surface area contributed by atoms with Gasteiger partial charge < -0.3 is 4.74 Å². The van der Waals surface area contributed by atoms with Crippen LogP contribution in [-0.2, 0) is 21.2 Å². The van der Waals surface area contributed by atoms with Gasteiger partial charge in [0.1, 0.15) is 0 Å². The average Bonchev–Trinajstić information content (AvgIpc) is 2.70. The number of esters is 1. The van der Waals surface area contributed by atoms with Crippen LogP contribution in [0.3, 0.4) is 0 Å². The van der Waals surface area contributed by atoms with Crippen molar-refractivity contribution in [2.75, 3.05) is 24.2 Å². The second-order valence-electron chi connectivity index (χ2n) is 3.92. The highest BCUT2D eigenvalue weighted by atomic mass is 32.2. The Morgan fingerprint density at radius 2 is 2.12 bits per heavy atom. The Bertz CT molecular complexity index is 565. The van der Waals surface area contributed by atoms with Crippen LogP contribution in [0.4, 0.5) is 5.69 Å². The standard InChI is InChI=1S/C11H13NO4S/c1-16-11(13)9-4-3-8-5-6-12(10(8)7-9)17(2,14)15/h3-4,7H,5-6H2,1-2H3. The predicted molar refractivity (Wildman–Crippen MR) is 63.7 cm³/mol. The SMILES string of the molecule is COC(=O)c1ccc2c(c1)N(S(C)(=O)=O)CC2. The highest BCUT2D eigenvalue weighted by Crippen LogP contribution is 2.30. The fourth-order valence-electron chi connectivity index (χ4n) is 1.94. The molecule has 92 valence electrons. The van der Waals surface area contributed by atoms with E-state index in [2.05, 4.69) is 4.74 Å². The lowest BCUT2D eigenvalue weighted by Gasteiger charge is -2.16. The fraction of sp³-hybridized carbons (Fsp3) is 0.364. The molecule has 0 N–H and O–H groups in total. The zero-order valence-corrected chi connectivity index (χ0v) is 10.5. The van der Waals surface area contributed by atoms with Crippen LogP contribution in [-0.4, -0.2) is 34.3 Å². The third-order valence-corrected chi connectivity index (χ3v) is 3.94. The van der Waals surface area contributed by atoms with Gasteiger partial charge in [-0.15, -0.1) is 0 Å². The molecule has 0 atom stereocenters. The van der Waals surface area contributed by atoms with Gasteiger partial charge in [0, 0.05) is 6.54 Å². The van der Waals surface area contributed by atoms with Crippen LogP contribution in [0.5, 0.6) is 0 Å². The van der Waals surface area contributed by atoms with Crippen molar-refractivity contribution in [3.05, 3.63) is 29.3 Å². The summed E-state index contributed by atoms with van der Waals surface area (Å²) in [6, 6.07) is 4.98. The zero-order valence-electron chi connectivity index (χ0n) is 9.63. The van der Waals surface area contributed by atoms with Gasteiger partial charge >= 0.3 is 5.97 Å². The van der Waals surface area contributed by atoms with Crippen molar-refractivity contribution < 1.29 is 17.9 Å². The summed E-state index contributed by atoms with van der Waals surface area (Å²) < 4.78 is 29.0. The summed E-state index contributed by atoms with van der Waals surface area (Å²) in [5.41, 5.74) is 1.88. The Morgan fingerprint density at radius 1 is 1.41 bits per heavy atom. The molecule has 1 aromatic carbocycles. The number of hydrogen-bond acceptors (Lipinski definition) is 4. The fourth-order valence-corrected chi connectivity index (χ4v) is 2.89. The summed E-state index contributed by atoms with van der Waals surface area (Å²) >= 11 is 0. The van der Waals surface area contributed by atoms with Gasteiger partial charge in [0.2, 0.25) is 10.0 Å². The van der Waals surface area contributed by atoms with Crippen molar-refractivity contribution in [3.63, 3.8) is 0 Å². The summed E-state index contributed by atoms with van der Waals surface area (Å²) in [5, 5.41) is 0. The first-order valence-corrected chi connectivity index (χ1v) is 6.97. The largest absolute Gasteiger partial charge is 0.465 e. The van der Waals surface area contributed by atoms with E-state index in [0.717, 1.165) is 11.8 Å². The van der Waals surface area contributed by atoms with E-state index in [0.29, 0.717) is 24.2 Å². The maximum absolute atomic E-state index is 11.6. The van der Waals surface area contributed by atoms with Crippen LogP contribution in [0.1, 0.15) is 15.9 Å². The summed E-state index contributed by atoms with van der Waals surface area (Å²) in [6.45, 7) is 0.429. The molecule has 6 heteroatoms. The van der Waals surface area contributed by atoms with Crippen LogP contribution in [0.2, 0.25) is 0 Å². The third kappa shape index (κ3) is 2.12. The van der Waals surface area contributed by atoms with Gasteiger partial charge in [-0.05, 0) is 24.1 Å². The molecule has 17 heavy (non-hydrogen) atoms. The molecule has 0 fully saturated rings. The maximum Gasteiger partial charge on any atom is 0.337 e. The minimum absolute atomic E-state index is 0.363. The predicted octanol–water partition coefficient (Wildman–Crippen LogP) is 0.795. The number of benzene rings is 1. The van der Waals surface area contributed by atoms with Gasteiger partial charge in [-0.25, -0.2) is 13.2 Å². The van der Waals surface area contributed by atoms with Crippen LogP contribution < -0.4 is 4.31 Å². The molecular formula is C11H13NO4S. The molecule has 0 saturated carbocycles. The van der Waals surface area contributed by atoms with E-state index in [1.165, 1.54) is 11.4 Å². The topological polar surface area (TPSA) is 63.7 Å². The van der Waals surface area contributed by atoms with Crippen LogP contribution in [0, 0.1) is 0 Å². The number of rotatable bonds is 2. The smallest absolute Gasteiger partial charge is 0.337 e. The first kappa shape index (κ1) is 11.9. The van der Waals surface area contributed by atoms with E-state index in [1.54, 1.807) is 18.2 Å². The zero-order chi connectivity index (χ0) is 12.6. The van der Waals surface area contributed by atoms with E-state index in [9.17, 15) is 13.2 Å². The summed E-state index contributed by atoms with van der Waals surface area (Å²) in [5.74, 6) is -0.465. The summed E-state index contributed by atoms with van der Waals surface area (Å²) in [4.78, 5) is 11.4. The highest BCUT2D eigenvalue weighted by Gasteiger charge is 2.26. The lowest BCUT2D eigenvalue weighted by Crippen LogP contribution is -2.27. The second-order valence-corrected chi connectivity index (χ2v) is 5.83. The average molecular weight is 255 g/mol. The molecule has 0 unspecified atom stereocenters. The number of fused-ring (bicyclic) bond motifs is 1. The number of hydrogen-bond donors (Lipinski definition) is 0. The first-order valence-electron chi connectivity index (χ1n) is 5.12. The number of sulfonamides is 1. The molecule has 0 aliphatic carbocycles. The third-order valence-electron chi connectivity index (χ3n) is 2.76. The van der Waals surface area contributed by atoms with Gasteiger partial charge in [0.15, 0.2) is 0 Å². The minimum atomic E-state index is -3.28. The normalized spacial score (nSPS) is 14.6. The Kier molecular flexibility index (Phi) is 2.82. The molecule has 1 heterocycles. The number of carbonyl (C=O) groups excluding carboxylic acids is 1. The van der Waals surface area contributed by atoms with Gasteiger partial charge in [0.25, 0.3) is 0 Å². The Morgan fingerprint density at radius 3 is 2.71 bits per heavy atom. The van der Waals surface area contributed by atoms with Crippen molar-refractivity contribution in [2.24, 2.45) is 0 Å². The van der Waals surface area contributed by atoms with E-state index in [1.807, 2.05) is 0 Å². The van der Waals surface area contributed by atoms with Gasteiger partial charge in [-0.3, -0.25) is 4.31 Å². The Balaban J connectivity index is 2.48. The van der Waals surface area contributed by atoms with Crippen LogP contribution in [0.25, 0.3) is 0 Å². The molecule has 0 radical (unpaired) electrons. The maximum atomic E-state index is 11.6. The van der Waals surface area contributed by atoms with Crippen molar-refractivity contribution in [1.29, 1.82) is 0 Å². The minimum Gasteiger partial charge on any atom is -0.465 e. The van der Waals surface area contributed by atoms with Crippen LogP contribution in [0.15, 0.2) is 18.2 Å². The quantitative estimate of drug-likeness (QED) is 0.733. The van der Waals surface area contributed by atoms with E-state index >= 15 is 0 Å². The molecular weight excluding hydrogens is 242 g/mol. The number of methoxy groups -OCH3 is 1. The number of nitrogens with zero attached hydrogens (tertiary/aromatic N) is 1. The molecule has 0 bridgehead atoms. The molecule has 0 amide bonds. The number of carbonyl (C=O) groups is 1. The summed E-state index contributed by atoms with van der Waals surface area (Å²) in [6.07, 6.45) is 1.83. The second kappa shape index (κ2) is 4.03. The molecule has 0 spiro atoms. The Hall–Kier alpha value is -1.56. The molecule has 1 aliphatic rings. The van der Waals surface area contributed by atoms with Gasteiger partial charge in [-0.1, -0.05) is 6.07 Å². The van der Waals surface area contributed by atoms with Crippen molar-refractivity contribution in [2.45, 2.75) is 6.42 Å². The van der Waals surface area contributed by atoms with E-state index < -0.39 is 16.0 Å². The lowest BCUT2D eigenvalue weighted by molar-refractivity contribution is 0.0601. The monoisotopic (exact) mass is 255 g/mol. The summed E-state index contributed by atoms with van der Waals surface area (Å²) in [7, 11) is -1.99. The first-order chi connectivity index (χ1) is 7.93. The molecule has 1 aliphatic heterocycles. The highest BCUT2D eigenvalue weighted by molar-refractivity contribution is 7.92.